The molecule has 3 heterocycles. The number of hydrogen-bond donors (Lipinski definition) is 1. The van der Waals surface area contributed by atoms with Crippen LogP contribution in [-0.2, 0) is 0 Å². The number of thiophene rings is 1. The molecule has 0 bridgehead atoms. The van der Waals surface area contributed by atoms with Crippen LogP contribution in [-0.4, -0.2) is 26.6 Å². The van der Waals surface area contributed by atoms with Gasteiger partial charge in [0.25, 0.3) is 0 Å². The van der Waals surface area contributed by atoms with Gasteiger partial charge >= 0.3 is 0 Å². The Balaban J connectivity index is 0.948. The third-order valence-corrected chi connectivity index (χ3v) is 12.7. The Hall–Kier alpha value is -7.87. The lowest BCUT2D eigenvalue weighted by molar-refractivity contribution is 0.674. The molecule has 0 saturated heterocycles. The van der Waals surface area contributed by atoms with E-state index in [2.05, 4.69) is 165 Å². The summed E-state index contributed by atoms with van der Waals surface area (Å²) in [5.74, 6) is 3.44. The Bertz CT molecular complexity index is 3370. The number of rotatable bonds is 8. The summed E-state index contributed by atoms with van der Waals surface area (Å²) in [5.41, 5.74) is 12.8. The molecule has 0 radical (unpaired) electrons. The minimum atomic E-state index is -0.263. The number of aryl methyl sites for hydroxylation is 2. The summed E-state index contributed by atoms with van der Waals surface area (Å²) in [6.07, 6.45) is -0.263. The van der Waals surface area contributed by atoms with E-state index in [0.29, 0.717) is 23.3 Å². The Labute approximate surface area is 370 Å². The highest BCUT2D eigenvalue weighted by molar-refractivity contribution is 7.25. The highest BCUT2D eigenvalue weighted by Crippen LogP contribution is 2.39. The van der Waals surface area contributed by atoms with Crippen LogP contribution in [0.3, 0.4) is 0 Å². The molecule has 8 aromatic carbocycles. The van der Waals surface area contributed by atoms with Gasteiger partial charge in [-0.2, -0.15) is 0 Å². The van der Waals surface area contributed by atoms with Crippen molar-refractivity contribution in [2.24, 2.45) is 9.98 Å². The number of amidine groups is 2. The molecule has 300 valence electrons. The first kappa shape index (κ1) is 38.1. The number of hydrogen-bond acceptors (Lipinski definition) is 7. The van der Waals surface area contributed by atoms with E-state index in [1.54, 1.807) is 0 Å². The lowest BCUT2D eigenvalue weighted by Crippen LogP contribution is -2.33. The maximum atomic E-state index is 5.16. The summed E-state index contributed by atoms with van der Waals surface area (Å²) >= 11 is 1.82. The van der Waals surface area contributed by atoms with Crippen LogP contribution >= 0.6 is 11.3 Å². The molecule has 1 unspecified atom stereocenters. The van der Waals surface area contributed by atoms with Crippen molar-refractivity contribution < 1.29 is 0 Å². The minimum Gasteiger partial charge on any atom is -0.344 e. The fourth-order valence-electron chi connectivity index (χ4n) is 8.11. The molecule has 0 saturated carbocycles. The Morgan fingerprint density at radius 1 is 0.397 bits per heavy atom. The zero-order valence-corrected chi connectivity index (χ0v) is 35.5. The summed E-state index contributed by atoms with van der Waals surface area (Å²) in [7, 11) is 0. The highest BCUT2D eigenvalue weighted by Gasteiger charge is 2.22. The van der Waals surface area contributed by atoms with E-state index in [1.165, 1.54) is 31.3 Å². The molecule has 1 N–H and O–H groups in total. The van der Waals surface area contributed by atoms with Gasteiger partial charge in [0.15, 0.2) is 23.3 Å². The molecule has 1 aliphatic rings. The average molecular weight is 829 g/mol. The molecule has 0 fully saturated rings. The SMILES string of the molecule is Cc1ccc(-c2nc(-c3ccccc3)nc(-c3cccc(-c4ccc5sc6ccc(-c7cccc(C8=NC(c9ccc(C)cc9)NC(c9ccccc9)=N8)c7)cc6c5c4)c3)n2)cc1. The molecule has 7 heteroatoms. The average Bonchev–Trinajstić information content (AvgIpc) is 3.72. The molecule has 1 atom stereocenters. The van der Waals surface area contributed by atoms with Gasteiger partial charge in [0, 0.05) is 48.0 Å². The zero-order valence-electron chi connectivity index (χ0n) is 34.7. The fourth-order valence-corrected chi connectivity index (χ4v) is 9.17. The van der Waals surface area contributed by atoms with Crippen LogP contribution in [0.5, 0.6) is 0 Å². The zero-order chi connectivity index (χ0) is 42.3. The highest BCUT2D eigenvalue weighted by atomic mass is 32.1. The second kappa shape index (κ2) is 16.2. The van der Waals surface area contributed by atoms with Crippen molar-refractivity contribution in [2.45, 2.75) is 20.0 Å². The van der Waals surface area contributed by atoms with Gasteiger partial charge < -0.3 is 5.32 Å². The van der Waals surface area contributed by atoms with Gasteiger partial charge in [-0.05, 0) is 78.1 Å². The third kappa shape index (κ3) is 7.71. The molecule has 11 rings (SSSR count). The molecule has 10 aromatic rings. The number of aromatic nitrogens is 3. The lowest BCUT2D eigenvalue weighted by Gasteiger charge is -2.24. The van der Waals surface area contributed by atoms with Crippen molar-refractivity contribution in [3.63, 3.8) is 0 Å². The number of nitrogens with one attached hydrogen (secondary N) is 1. The van der Waals surface area contributed by atoms with E-state index in [4.69, 9.17) is 24.9 Å². The van der Waals surface area contributed by atoms with Crippen LogP contribution in [0.15, 0.2) is 204 Å². The second-order valence-electron chi connectivity index (χ2n) is 16.0. The van der Waals surface area contributed by atoms with Crippen LogP contribution in [0.4, 0.5) is 0 Å². The normalized spacial score (nSPS) is 13.7. The molecule has 63 heavy (non-hydrogen) atoms. The van der Waals surface area contributed by atoms with Crippen molar-refractivity contribution >= 4 is 43.2 Å². The lowest BCUT2D eigenvalue weighted by atomic mass is 9.98. The maximum Gasteiger partial charge on any atom is 0.164 e. The van der Waals surface area contributed by atoms with Gasteiger partial charge in [-0.3, -0.25) is 0 Å². The number of aliphatic imine (C=N–C) groups is 2. The topological polar surface area (TPSA) is 75.4 Å². The number of nitrogens with zero attached hydrogens (tertiary/aromatic N) is 5. The van der Waals surface area contributed by atoms with Crippen molar-refractivity contribution in [1.29, 1.82) is 0 Å². The van der Waals surface area contributed by atoms with Crippen molar-refractivity contribution in [3.8, 4) is 56.4 Å². The van der Waals surface area contributed by atoms with Crippen LogP contribution in [0, 0.1) is 13.8 Å². The third-order valence-electron chi connectivity index (χ3n) is 11.5. The minimum absolute atomic E-state index is 0.263. The molecule has 0 spiro atoms. The smallest absolute Gasteiger partial charge is 0.164 e. The van der Waals surface area contributed by atoms with Crippen LogP contribution in [0.2, 0.25) is 0 Å². The van der Waals surface area contributed by atoms with Crippen molar-refractivity contribution in [2.75, 3.05) is 0 Å². The number of benzene rings is 8. The second-order valence-corrected chi connectivity index (χ2v) is 17.0. The summed E-state index contributed by atoms with van der Waals surface area (Å²) in [6.45, 7) is 4.19. The van der Waals surface area contributed by atoms with Gasteiger partial charge in [0.05, 0.1) is 0 Å². The standard InChI is InChI=1S/C56H40N6S/c1-35-19-23-39(24-20-35)53-57-51(37-11-5-3-6-12-37)59-55(61-53)45-17-9-15-41(31-45)43-27-29-49-47(33-43)48-34-44(28-30-50(48)63-49)42-16-10-18-46(32-42)56-60-52(38-13-7-4-8-14-38)58-54(62-56)40-25-21-36(2)22-26-40/h3-34,53H,1-2H3,(H,57,59,61). The molecular weight excluding hydrogens is 789 g/mol. The first-order chi connectivity index (χ1) is 31.0. The Kier molecular flexibility index (Phi) is 9.79. The predicted octanol–water partition coefficient (Wildman–Crippen LogP) is 13.7. The van der Waals surface area contributed by atoms with Crippen LogP contribution in [0.1, 0.15) is 34.0 Å². The van der Waals surface area contributed by atoms with E-state index < -0.39 is 0 Å². The summed E-state index contributed by atoms with van der Waals surface area (Å²) in [6, 6.07) is 68.0. The quantitative estimate of drug-likeness (QED) is 0.166. The van der Waals surface area contributed by atoms with E-state index >= 15 is 0 Å². The van der Waals surface area contributed by atoms with Gasteiger partial charge in [0.2, 0.25) is 0 Å². The van der Waals surface area contributed by atoms with Gasteiger partial charge in [0.1, 0.15) is 12.0 Å². The molecule has 2 aromatic heterocycles. The van der Waals surface area contributed by atoms with Gasteiger partial charge in [-0.15, -0.1) is 11.3 Å². The van der Waals surface area contributed by atoms with E-state index in [-0.39, 0.29) is 6.17 Å². The molecule has 1 aliphatic heterocycles. The molecule has 6 nitrogen and oxygen atoms in total. The van der Waals surface area contributed by atoms with Crippen molar-refractivity contribution in [3.05, 3.63) is 222 Å². The van der Waals surface area contributed by atoms with Gasteiger partial charge in [-0.1, -0.05) is 169 Å². The first-order valence-corrected chi connectivity index (χ1v) is 21.9. The van der Waals surface area contributed by atoms with E-state index in [0.717, 1.165) is 61.5 Å². The summed E-state index contributed by atoms with van der Waals surface area (Å²) < 4.78 is 2.50. The number of fused-ring (bicyclic) bond motifs is 3. The van der Waals surface area contributed by atoms with Crippen LogP contribution < -0.4 is 5.32 Å². The monoisotopic (exact) mass is 828 g/mol. The summed E-state index contributed by atoms with van der Waals surface area (Å²) in [4.78, 5) is 25.2. The molecule has 0 amide bonds. The molecular formula is C56H40N6S. The first-order valence-electron chi connectivity index (χ1n) is 21.1. The predicted molar refractivity (Wildman–Crippen MR) is 261 cm³/mol. The van der Waals surface area contributed by atoms with Gasteiger partial charge in [-0.25, -0.2) is 24.9 Å². The van der Waals surface area contributed by atoms with E-state index in [9.17, 15) is 0 Å². The van der Waals surface area contributed by atoms with Crippen LogP contribution in [0.25, 0.3) is 76.6 Å². The Morgan fingerprint density at radius 3 is 1.44 bits per heavy atom. The van der Waals surface area contributed by atoms with Crippen molar-refractivity contribution in [1.82, 2.24) is 20.3 Å². The van der Waals surface area contributed by atoms with E-state index in [1.807, 2.05) is 59.9 Å². The Morgan fingerprint density at radius 2 is 0.841 bits per heavy atom. The summed E-state index contributed by atoms with van der Waals surface area (Å²) in [5, 5.41) is 6.04. The fraction of sp³-hybridized carbons (Fsp3) is 0.0536. The largest absolute Gasteiger partial charge is 0.344 e. The maximum absolute atomic E-state index is 5.16. The molecule has 0 aliphatic carbocycles.